The van der Waals surface area contributed by atoms with Crippen molar-refractivity contribution in [1.29, 1.82) is 5.26 Å². The van der Waals surface area contributed by atoms with Crippen molar-refractivity contribution in [2.45, 2.75) is 6.18 Å². The number of anilines is 1. The van der Waals surface area contributed by atoms with Crippen molar-refractivity contribution in [2.75, 3.05) is 11.9 Å². The van der Waals surface area contributed by atoms with Gasteiger partial charge in [-0.2, -0.15) is 18.4 Å². The molecule has 0 spiro atoms. The molecule has 1 aromatic rings. The molecule has 8 heteroatoms. The van der Waals surface area contributed by atoms with Gasteiger partial charge in [-0.25, -0.2) is 0 Å². The lowest BCUT2D eigenvalue weighted by Gasteiger charge is -2.08. The Morgan fingerprint density at radius 1 is 1.32 bits per heavy atom. The minimum Gasteiger partial charge on any atom is -0.339 e. The molecule has 0 aliphatic heterocycles. The first-order valence-electron chi connectivity index (χ1n) is 4.98. The van der Waals surface area contributed by atoms with Crippen LogP contribution in [-0.4, -0.2) is 24.5 Å². The van der Waals surface area contributed by atoms with E-state index in [9.17, 15) is 22.8 Å². The molecule has 0 bridgehead atoms. The van der Waals surface area contributed by atoms with Gasteiger partial charge in [0.15, 0.2) is 0 Å². The zero-order chi connectivity index (χ0) is 14.5. The number of alkyl halides is 3. The summed E-state index contributed by atoms with van der Waals surface area (Å²) in [5, 5.41) is 12.3. The maximum atomic E-state index is 11.8. The van der Waals surface area contributed by atoms with Gasteiger partial charge in [0.25, 0.3) is 0 Å². The molecule has 0 radical (unpaired) electrons. The smallest absolute Gasteiger partial charge is 0.339 e. The number of nitriles is 1. The first kappa shape index (κ1) is 14.5. The van der Waals surface area contributed by atoms with Gasteiger partial charge >= 0.3 is 12.1 Å². The van der Waals surface area contributed by atoms with Gasteiger partial charge in [-0.1, -0.05) is 6.07 Å². The fourth-order valence-electron chi connectivity index (χ4n) is 1.13. The number of carbonyl (C=O) groups is 2. The third-order valence-corrected chi connectivity index (χ3v) is 1.94. The van der Waals surface area contributed by atoms with Crippen molar-refractivity contribution < 1.29 is 22.8 Å². The molecule has 0 aromatic heterocycles. The Hall–Kier alpha value is -2.56. The third kappa shape index (κ3) is 4.67. The van der Waals surface area contributed by atoms with E-state index in [1.54, 1.807) is 0 Å². The third-order valence-electron chi connectivity index (χ3n) is 1.94. The summed E-state index contributed by atoms with van der Waals surface area (Å²) in [6, 6.07) is 7.66. The molecule has 0 saturated carbocycles. The fourth-order valence-corrected chi connectivity index (χ4v) is 1.13. The summed E-state index contributed by atoms with van der Waals surface area (Å²) in [4.78, 5) is 21.7. The molecule has 0 aliphatic carbocycles. The van der Waals surface area contributed by atoms with Crippen LogP contribution in [0.25, 0.3) is 0 Å². The standard InChI is InChI=1S/C11H8F3N3O2/c12-11(13,14)10(19)16-6-9(18)17-8-3-1-2-7(4-8)5-15/h1-4H,6H2,(H,16,19)(H,17,18). The monoisotopic (exact) mass is 271 g/mol. The minimum atomic E-state index is -5.03. The maximum Gasteiger partial charge on any atom is 0.471 e. The van der Waals surface area contributed by atoms with Crippen LogP contribution in [-0.2, 0) is 9.59 Å². The normalized spacial score (nSPS) is 10.4. The second-order valence-electron chi connectivity index (χ2n) is 3.42. The van der Waals surface area contributed by atoms with Gasteiger partial charge in [0.1, 0.15) is 0 Å². The average molecular weight is 271 g/mol. The summed E-state index contributed by atoms with van der Waals surface area (Å²) >= 11 is 0. The number of nitrogens with one attached hydrogen (secondary N) is 2. The maximum absolute atomic E-state index is 11.8. The SMILES string of the molecule is N#Cc1cccc(NC(=O)CNC(=O)C(F)(F)F)c1. The number of carbonyl (C=O) groups excluding carboxylic acids is 2. The molecule has 0 atom stereocenters. The first-order chi connectivity index (χ1) is 8.82. The number of amides is 2. The van der Waals surface area contributed by atoms with E-state index in [-0.39, 0.29) is 11.3 Å². The quantitative estimate of drug-likeness (QED) is 0.865. The zero-order valence-electron chi connectivity index (χ0n) is 9.41. The Morgan fingerprint density at radius 3 is 2.58 bits per heavy atom. The van der Waals surface area contributed by atoms with Crippen molar-refractivity contribution >= 4 is 17.5 Å². The number of hydrogen-bond donors (Lipinski definition) is 2. The second-order valence-corrected chi connectivity index (χ2v) is 3.42. The largest absolute Gasteiger partial charge is 0.471 e. The number of rotatable bonds is 3. The number of halogens is 3. The van der Waals surface area contributed by atoms with Gasteiger partial charge in [-0.15, -0.1) is 0 Å². The summed E-state index contributed by atoms with van der Waals surface area (Å²) in [6.45, 7) is -0.810. The molecular formula is C11H8F3N3O2. The van der Waals surface area contributed by atoms with E-state index >= 15 is 0 Å². The molecule has 1 aromatic carbocycles. The summed E-state index contributed by atoms with van der Waals surface area (Å²) in [5.74, 6) is -3.01. The molecular weight excluding hydrogens is 263 g/mol. The molecule has 0 aliphatic rings. The summed E-state index contributed by atoms with van der Waals surface area (Å²) in [5.41, 5.74) is 0.544. The van der Waals surface area contributed by atoms with Crippen LogP contribution in [0.4, 0.5) is 18.9 Å². The highest BCUT2D eigenvalue weighted by molar-refractivity contribution is 5.95. The Kier molecular flexibility index (Phi) is 4.47. The molecule has 2 N–H and O–H groups in total. The first-order valence-corrected chi connectivity index (χ1v) is 4.98. The fraction of sp³-hybridized carbons (Fsp3) is 0.182. The molecule has 0 saturated heterocycles. The molecule has 100 valence electrons. The molecule has 0 fully saturated rings. The summed E-state index contributed by atoms with van der Waals surface area (Å²) in [7, 11) is 0. The summed E-state index contributed by atoms with van der Waals surface area (Å²) in [6.07, 6.45) is -5.03. The zero-order valence-corrected chi connectivity index (χ0v) is 9.41. The van der Waals surface area contributed by atoms with Crippen LogP contribution in [0, 0.1) is 11.3 Å². The van der Waals surface area contributed by atoms with Gasteiger partial charge in [0.2, 0.25) is 5.91 Å². The highest BCUT2D eigenvalue weighted by atomic mass is 19.4. The average Bonchev–Trinajstić information content (AvgIpc) is 2.35. The van der Waals surface area contributed by atoms with E-state index in [0.29, 0.717) is 0 Å². The Morgan fingerprint density at radius 2 is 2.00 bits per heavy atom. The lowest BCUT2D eigenvalue weighted by atomic mass is 10.2. The van der Waals surface area contributed by atoms with E-state index in [2.05, 4.69) is 5.32 Å². The molecule has 5 nitrogen and oxygen atoms in total. The summed E-state index contributed by atoms with van der Waals surface area (Å²) < 4.78 is 35.5. The Labute approximate surface area is 106 Å². The lowest BCUT2D eigenvalue weighted by Crippen LogP contribution is -2.41. The molecule has 2 amide bonds. The minimum absolute atomic E-state index is 0.255. The van der Waals surface area contributed by atoms with Crippen molar-refractivity contribution in [2.24, 2.45) is 0 Å². The Bertz CT molecular complexity index is 535. The molecule has 0 unspecified atom stereocenters. The van der Waals surface area contributed by atoms with Crippen molar-refractivity contribution in [3.63, 3.8) is 0 Å². The van der Waals surface area contributed by atoms with Gasteiger partial charge in [-0.3, -0.25) is 9.59 Å². The predicted octanol–water partition coefficient (Wildman–Crippen LogP) is 1.18. The van der Waals surface area contributed by atoms with Crippen molar-refractivity contribution in [1.82, 2.24) is 5.32 Å². The number of benzene rings is 1. The molecule has 0 heterocycles. The lowest BCUT2D eigenvalue weighted by molar-refractivity contribution is -0.173. The van der Waals surface area contributed by atoms with Crippen LogP contribution >= 0.6 is 0 Å². The Balaban J connectivity index is 2.52. The van der Waals surface area contributed by atoms with E-state index in [1.807, 2.05) is 6.07 Å². The van der Waals surface area contributed by atoms with E-state index in [0.717, 1.165) is 0 Å². The van der Waals surface area contributed by atoms with Crippen molar-refractivity contribution in [3.05, 3.63) is 29.8 Å². The van der Waals surface area contributed by atoms with Crippen molar-refractivity contribution in [3.8, 4) is 6.07 Å². The van der Waals surface area contributed by atoms with E-state index in [1.165, 1.54) is 29.6 Å². The van der Waals surface area contributed by atoms with Gasteiger partial charge < -0.3 is 10.6 Å². The molecule has 1 rings (SSSR count). The van der Waals surface area contributed by atoms with Gasteiger partial charge in [0.05, 0.1) is 18.2 Å². The number of nitrogens with zero attached hydrogens (tertiary/aromatic N) is 1. The van der Waals surface area contributed by atoms with Crippen LogP contribution in [0.5, 0.6) is 0 Å². The highest BCUT2D eigenvalue weighted by Crippen LogP contribution is 2.14. The van der Waals surface area contributed by atoms with E-state index < -0.39 is 24.5 Å². The second kappa shape index (κ2) is 5.86. The topological polar surface area (TPSA) is 82.0 Å². The van der Waals surface area contributed by atoms with Gasteiger partial charge in [0, 0.05) is 5.69 Å². The highest BCUT2D eigenvalue weighted by Gasteiger charge is 2.38. The van der Waals surface area contributed by atoms with E-state index in [4.69, 9.17) is 5.26 Å². The van der Waals surface area contributed by atoms with Crippen LogP contribution in [0.2, 0.25) is 0 Å². The predicted molar refractivity (Wildman–Crippen MR) is 58.9 cm³/mol. The molecule has 19 heavy (non-hydrogen) atoms. The van der Waals surface area contributed by atoms with Gasteiger partial charge in [-0.05, 0) is 18.2 Å². The number of hydrogen-bond acceptors (Lipinski definition) is 3. The van der Waals surface area contributed by atoms with Crippen LogP contribution in [0.1, 0.15) is 5.56 Å². The van der Waals surface area contributed by atoms with Crippen LogP contribution in [0.3, 0.4) is 0 Å². The van der Waals surface area contributed by atoms with Crippen LogP contribution in [0.15, 0.2) is 24.3 Å². The van der Waals surface area contributed by atoms with Crippen LogP contribution < -0.4 is 10.6 Å².